The number of carbonyl (C=O) groups is 2. The van der Waals surface area contributed by atoms with Crippen LogP contribution in [0.5, 0.6) is 0 Å². The number of benzene rings is 2. The van der Waals surface area contributed by atoms with Gasteiger partial charge < -0.3 is 29.6 Å². The Labute approximate surface area is 352 Å². The van der Waals surface area contributed by atoms with Crippen LogP contribution in [-0.2, 0) is 36.5 Å². The zero-order valence-electron chi connectivity index (χ0n) is 33.8. The molecular weight excluding hydrogens is 797 g/mol. The molecule has 0 bridgehead atoms. The predicted octanol–water partition coefficient (Wildman–Crippen LogP) is 8.64. The van der Waals surface area contributed by atoms with E-state index in [4.69, 9.17) is 51.4 Å². The fourth-order valence-corrected chi connectivity index (χ4v) is 7.64. The van der Waals surface area contributed by atoms with E-state index in [1.54, 1.807) is 14.1 Å². The fraction of sp³-hybridized carbons (Fsp3) is 0.610. The van der Waals surface area contributed by atoms with Gasteiger partial charge in [-0.3, -0.25) is 9.59 Å². The number of nitrogens with one attached hydrogen (secondary N) is 2. The van der Waals surface area contributed by atoms with Crippen molar-refractivity contribution in [2.24, 2.45) is 14.1 Å². The Balaban J connectivity index is 0.000000300. The number of nitrogens with zero attached hydrogens (tertiary/aromatic N) is 6. The van der Waals surface area contributed by atoms with Gasteiger partial charge in [-0.15, -0.1) is 46.4 Å². The van der Waals surface area contributed by atoms with Crippen molar-refractivity contribution in [3.05, 3.63) is 47.3 Å². The van der Waals surface area contributed by atoms with E-state index in [0.717, 1.165) is 117 Å². The molecule has 0 aliphatic carbocycles. The van der Waals surface area contributed by atoms with Crippen LogP contribution >= 0.6 is 46.4 Å². The largest absolute Gasteiger partial charge is 0.369 e. The second kappa shape index (κ2) is 25.4. The van der Waals surface area contributed by atoms with Crippen LogP contribution in [0.25, 0.3) is 22.1 Å². The molecule has 2 amide bonds. The molecule has 56 heavy (non-hydrogen) atoms. The van der Waals surface area contributed by atoms with E-state index in [-0.39, 0.29) is 17.6 Å². The molecule has 312 valence electrons. The van der Waals surface area contributed by atoms with E-state index in [1.807, 2.05) is 22.6 Å². The second-order valence-electron chi connectivity index (χ2n) is 14.0. The SMILES string of the molecule is CNC(=O)CCCCCCc1nc2c(C)cc(N(CCCl)CCCl)cc2n1C.CNC(=O)CCCCCCc1nc2c(F)cc(N(CCCl)CCCl)cc2n1C. The van der Waals surface area contributed by atoms with Gasteiger partial charge in [-0.05, 0) is 62.4 Å². The summed E-state index contributed by atoms with van der Waals surface area (Å²) in [5, 5.41) is 5.30. The molecule has 2 heterocycles. The van der Waals surface area contributed by atoms with Gasteiger partial charge >= 0.3 is 0 Å². The van der Waals surface area contributed by atoms with E-state index < -0.39 is 0 Å². The highest BCUT2D eigenvalue weighted by atomic mass is 35.5. The summed E-state index contributed by atoms with van der Waals surface area (Å²) in [6, 6.07) is 7.84. The molecule has 0 aliphatic heterocycles. The minimum atomic E-state index is -0.325. The summed E-state index contributed by atoms with van der Waals surface area (Å²) in [6.45, 7) is 4.89. The summed E-state index contributed by atoms with van der Waals surface area (Å²) in [5.41, 5.74) is 6.49. The highest BCUT2D eigenvalue weighted by Crippen LogP contribution is 2.28. The number of anilines is 2. The van der Waals surface area contributed by atoms with Gasteiger partial charge in [0.25, 0.3) is 0 Å². The quantitative estimate of drug-likeness (QED) is 0.0541. The first kappa shape index (κ1) is 47.4. The fourth-order valence-electron chi connectivity index (χ4n) is 6.82. The lowest BCUT2D eigenvalue weighted by Gasteiger charge is -2.23. The molecule has 2 aromatic carbocycles. The third-order valence-corrected chi connectivity index (χ3v) is 10.8. The summed E-state index contributed by atoms with van der Waals surface area (Å²) in [6.07, 6.45) is 11.0. The van der Waals surface area contributed by atoms with E-state index in [9.17, 15) is 14.0 Å². The van der Waals surface area contributed by atoms with Crippen molar-refractivity contribution in [2.45, 2.75) is 84.0 Å². The maximum atomic E-state index is 14.7. The predicted molar refractivity (Wildman–Crippen MR) is 235 cm³/mol. The van der Waals surface area contributed by atoms with Crippen molar-refractivity contribution in [3.8, 4) is 0 Å². The van der Waals surface area contributed by atoms with Crippen LogP contribution in [-0.4, -0.2) is 94.7 Å². The average Bonchev–Trinajstić information content (AvgIpc) is 3.69. The van der Waals surface area contributed by atoms with Crippen LogP contribution in [0.4, 0.5) is 15.8 Å². The highest BCUT2D eigenvalue weighted by molar-refractivity contribution is 6.19. The summed E-state index contributed by atoms with van der Waals surface area (Å²) in [5.74, 6) is 3.92. The summed E-state index contributed by atoms with van der Waals surface area (Å²) >= 11 is 23.7. The van der Waals surface area contributed by atoms with Crippen LogP contribution < -0.4 is 20.4 Å². The van der Waals surface area contributed by atoms with Gasteiger partial charge in [0, 0.05) is 115 Å². The second-order valence-corrected chi connectivity index (χ2v) is 15.5. The van der Waals surface area contributed by atoms with Gasteiger partial charge in [0.1, 0.15) is 17.2 Å². The number of fused-ring (bicyclic) bond motifs is 2. The van der Waals surface area contributed by atoms with Crippen LogP contribution in [0.3, 0.4) is 0 Å². The van der Waals surface area contributed by atoms with E-state index >= 15 is 0 Å². The number of imidazole rings is 2. The number of amides is 2. The molecule has 0 saturated heterocycles. The summed E-state index contributed by atoms with van der Waals surface area (Å²) in [4.78, 5) is 36.1. The molecule has 0 unspecified atom stereocenters. The van der Waals surface area contributed by atoms with Crippen molar-refractivity contribution in [1.82, 2.24) is 29.7 Å². The monoisotopic (exact) mass is 856 g/mol. The van der Waals surface area contributed by atoms with Gasteiger partial charge in [0.2, 0.25) is 11.8 Å². The maximum absolute atomic E-state index is 14.7. The molecule has 2 aromatic heterocycles. The molecule has 10 nitrogen and oxygen atoms in total. The first-order valence-corrected chi connectivity index (χ1v) is 21.9. The lowest BCUT2D eigenvalue weighted by Crippen LogP contribution is -2.27. The molecule has 0 saturated carbocycles. The molecule has 0 aliphatic rings. The van der Waals surface area contributed by atoms with Crippen LogP contribution in [0.15, 0.2) is 24.3 Å². The molecule has 2 N–H and O–H groups in total. The molecule has 0 spiro atoms. The number of aryl methyl sites for hydroxylation is 5. The zero-order chi connectivity index (χ0) is 41.0. The van der Waals surface area contributed by atoms with Crippen LogP contribution in [0.1, 0.15) is 81.4 Å². The number of rotatable bonds is 24. The molecule has 0 fully saturated rings. The van der Waals surface area contributed by atoms with E-state index in [0.29, 0.717) is 55.0 Å². The van der Waals surface area contributed by atoms with Crippen LogP contribution in [0.2, 0.25) is 0 Å². The molecule has 0 radical (unpaired) electrons. The summed E-state index contributed by atoms with van der Waals surface area (Å²) in [7, 11) is 7.36. The van der Waals surface area contributed by atoms with Crippen molar-refractivity contribution < 1.29 is 14.0 Å². The van der Waals surface area contributed by atoms with Crippen LogP contribution in [0, 0.1) is 12.7 Å². The number of halogens is 5. The standard InChI is InChI=1S/C21H32Cl2N4O.C20H29Cl2FN4O/c1-16-14-17(27(12-10-22)13-11-23)15-18-21(16)25-19(26(18)3)8-6-4-5-7-9-20(28)24-2;1-24-19(28)8-6-4-3-5-7-18-25-20-16(23)13-15(14-17(20)26(18)2)27(11-9-21)12-10-22/h14-15H,4-13H2,1-3H3,(H,24,28);13-14H,3-12H2,1-2H3,(H,24,28). The molecular formula is C41H61Cl4FN8O2. The van der Waals surface area contributed by atoms with Gasteiger partial charge in [-0.1, -0.05) is 25.7 Å². The first-order chi connectivity index (χ1) is 27.0. The lowest BCUT2D eigenvalue weighted by molar-refractivity contribution is -0.121. The normalized spacial score (nSPS) is 11.2. The number of alkyl halides is 4. The Hall–Kier alpha value is -2.99. The van der Waals surface area contributed by atoms with Crippen molar-refractivity contribution >= 4 is 91.7 Å². The number of carbonyl (C=O) groups excluding carboxylic acids is 2. The molecule has 0 atom stereocenters. The smallest absolute Gasteiger partial charge is 0.219 e. The minimum absolute atomic E-state index is 0.0824. The Bertz CT molecular complexity index is 1680. The third kappa shape index (κ3) is 14.1. The van der Waals surface area contributed by atoms with E-state index in [1.165, 1.54) is 11.6 Å². The third-order valence-electron chi connectivity index (χ3n) is 10.1. The maximum Gasteiger partial charge on any atom is 0.219 e. The van der Waals surface area contributed by atoms with Crippen molar-refractivity contribution in [1.29, 1.82) is 0 Å². The average molecular weight is 859 g/mol. The Kier molecular flexibility index (Phi) is 21.5. The summed E-state index contributed by atoms with van der Waals surface area (Å²) < 4.78 is 18.8. The molecule has 15 heteroatoms. The topological polar surface area (TPSA) is 100 Å². The zero-order valence-corrected chi connectivity index (χ0v) is 36.9. The molecule has 4 rings (SSSR count). The number of hydrogen-bond acceptors (Lipinski definition) is 6. The van der Waals surface area contributed by atoms with E-state index in [2.05, 4.69) is 51.2 Å². The van der Waals surface area contributed by atoms with Crippen molar-refractivity contribution in [2.75, 3.05) is 73.6 Å². The number of hydrogen-bond donors (Lipinski definition) is 2. The first-order valence-electron chi connectivity index (χ1n) is 19.8. The Morgan fingerprint density at radius 1 is 0.625 bits per heavy atom. The lowest BCUT2D eigenvalue weighted by atomic mass is 10.1. The van der Waals surface area contributed by atoms with Gasteiger partial charge in [-0.2, -0.15) is 0 Å². The van der Waals surface area contributed by atoms with Gasteiger partial charge in [0.05, 0.1) is 16.6 Å². The van der Waals surface area contributed by atoms with Gasteiger partial charge in [0.15, 0.2) is 5.82 Å². The van der Waals surface area contributed by atoms with Crippen molar-refractivity contribution in [3.63, 3.8) is 0 Å². The highest BCUT2D eigenvalue weighted by Gasteiger charge is 2.17. The molecule has 4 aromatic rings. The number of aromatic nitrogens is 4. The Morgan fingerprint density at radius 3 is 1.45 bits per heavy atom. The van der Waals surface area contributed by atoms with Gasteiger partial charge in [-0.25, -0.2) is 14.4 Å². The number of unbranched alkanes of at least 4 members (excludes halogenated alkanes) is 6. The minimum Gasteiger partial charge on any atom is -0.369 e. The Morgan fingerprint density at radius 2 is 1.02 bits per heavy atom.